The molecule has 1 aliphatic heterocycles. The minimum Gasteiger partial charge on any atom is -0.466 e. The molecule has 1 aromatic carbocycles. The molecule has 0 spiro atoms. The highest BCUT2D eigenvalue weighted by molar-refractivity contribution is 7.90. The van der Waals surface area contributed by atoms with Gasteiger partial charge in [0.25, 0.3) is 0 Å². The van der Waals surface area contributed by atoms with Crippen molar-refractivity contribution in [3.05, 3.63) is 28.4 Å². The van der Waals surface area contributed by atoms with Crippen LogP contribution in [0, 0.1) is 0 Å². The third-order valence-corrected chi connectivity index (χ3v) is 6.07. The zero-order valence-electron chi connectivity index (χ0n) is 15.0. The summed E-state index contributed by atoms with van der Waals surface area (Å²) in [7, 11) is -6.85. The number of rotatable bonds is 5. The number of carbonyl (C=O) groups excluding carboxylic acids is 2. The summed E-state index contributed by atoms with van der Waals surface area (Å²) >= 11 is 5.96. The SMILES string of the molecule is COC(=O)C1=C(C(=O)OC)N(c2cc(Cl)c(S(N)(=O)=O)cc2S(N)(=O)=O)COC1. The van der Waals surface area contributed by atoms with E-state index in [-0.39, 0.29) is 17.9 Å². The molecule has 15 heteroatoms. The molecule has 0 amide bonds. The molecule has 0 radical (unpaired) electrons. The number of anilines is 1. The van der Waals surface area contributed by atoms with E-state index in [1.807, 2.05) is 0 Å². The Morgan fingerprint density at radius 3 is 2.07 bits per heavy atom. The zero-order valence-corrected chi connectivity index (χ0v) is 17.4. The van der Waals surface area contributed by atoms with Gasteiger partial charge in [0.15, 0.2) is 0 Å². The predicted molar refractivity (Wildman–Crippen MR) is 98.6 cm³/mol. The second kappa shape index (κ2) is 8.25. The first-order valence-corrected chi connectivity index (χ1v) is 10.9. The van der Waals surface area contributed by atoms with Gasteiger partial charge >= 0.3 is 11.9 Å². The van der Waals surface area contributed by atoms with Crippen molar-refractivity contribution in [2.75, 3.05) is 32.5 Å². The van der Waals surface area contributed by atoms with E-state index in [1.54, 1.807) is 0 Å². The number of methoxy groups -OCH3 is 2. The number of carbonyl (C=O) groups is 2. The molecular formula is C14H16ClN3O9S2. The first-order chi connectivity index (χ1) is 13.3. The maximum absolute atomic E-state index is 12.3. The molecule has 2 rings (SSSR count). The third kappa shape index (κ3) is 4.68. The van der Waals surface area contributed by atoms with Crippen molar-refractivity contribution >= 4 is 49.3 Å². The van der Waals surface area contributed by atoms with E-state index in [9.17, 15) is 26.4 Å². The summed E-state index contributed by atoms with van der Waals surface area (Å²) < 4.78 is 62.1. The molecule has 0 aliphatic carbocycles. The van der Waals surface area contributed by atoms with Crippen LogP contribution in [0.1, 0.15) is 0 Å². The van der Waals surface area contributed by atoms with Crippen LogP contribution >= 0.6 is 11.6 Å². The van der Waals surface area contributed by atoms with Crippen LogP contribution in [0.2, 0.25) is 5.02 Å². The van der Waals surface area contributed by atoms with Gasteiger partial charge in [0.2, 0.25) is 20.0 Å². The van der Waals surface area contributed by atoms with E-state index in [2.05, 4.69) is 9.47 Å². The Balaban J connectivity index is 2.89. The second-order valence-corrected chi connectivity index (χ2v) is 9.02. The molecule has 12 nitrogen and oxygen atoms in total. The van der Waals surface area contributed by atoms with Crippen LogP contribution < -0.4 is 15.2 Å². The van der Waals surface area contributed by atoms with Crippen molar-refractivity contribution in [3.63, 3.8) is 0 Å². The fourth-order valence-corrected chi connectivity index (χ4v) is 4.43. The van der Waals surface area contributed by atoms with E-state index in [4.69, 9.17) is 26.6 Å². The van der Waals surface area contributed by atoms with Gasteiger partial charge in [0.1, 0.15) is 22.2 Å². The Morgan fingerprint density at radius 2 is 1.59 bits per heavy atom. The smallest absolute Gasteiger partial charge is 0.355 e. The van der Waals surface area contributed by atoms with Crippen molar-refractivity contribution < 1.29 is 40.6 Å². The number of halogens is 1. The summed E-state index contributed by atoms with van der Waals surface area (Å²) in [5, 5.41) is 9.79. The number of hydrogen-bond acceptors (Lipinski definition) is 10. The Morgan fingerprint density at radius 1 is 1.03 bits per heavy atom. The maximum Gasteiger partial charge on any atom is 0.355 e. The van der Waals surface area contributed by atoms with Gasteiger partial charge in [0.05, 0.1) is 37.1 Å². The van der Waals surface area contributed by atoms with Crippen molar-refractivity contribution in [2.45, 2.75) is 9.79 Å². The molecule has 0 saturated heterocycles. The summed E-state index contributed by atoms with van der Waals surface area (Å²) in [4.78, 5) is 23.9. The summed E-state index contributed by atoms with van der Waals surface area (Å²) in [6.07, 6.45) is 0. The van der Waals surface area contributed by atoms with Gasteiger partial charge in [-0.05, 0) is 12.1 Å². The average molecular weight is 470 g/mol. The molecular weight excluding hydrogens is 454 g/mol. The number of primary sulfonamides is 2. The molecule has 1 aromatic rings. The highest BCUT2D eigenvalue weighted by Gasteiger charge is 2.35. The molecule has 0 bridgehead atoms. The highest BCUT2D eigenvalue weighted by Crippen LogP contribution is 2.36. The fraction of sp³-hybridized carbons (Fsp3) is 0.286. The van der Waals surface area contributed by atoms with E-state index in [0.717, 1.165) is 25.2 Å². The number of ether oxygens (including phenoxy) is 3. The minimum atomic E-state index is -4.55. The van der Waals surface area contributed by atoms with E-state index < -0.39 is 59.2 Å². The molecule has 29 heavy (non-hydrogen) atoms. The molecule has 0 fully saturated rings. The monoisotopic (exact) mass is 469 g/mol. The number of nitrogens with zero attached hydrogens (tertiary/aromatic N) is 1. The number of nitrogens with two attached hydrogens (primary N) is 2. The largest absolute Gasteiger partial charge is 0.466 e. The van der Waals surface area contributed by atoms with Gasteiger partial charge < -0.3 is 19.1 Å². The first kappa shape index (κ1) is 23.1. The van der Waals surface area contributed by atoms with Gasteiger partial charge in [-0.15, -0.1) is 0 Å². The molecule has 0 aromatic heterocycles. The molecule has 160 valence electrons. The highest BCUT2D eigenvalue weighted by atomic mass is 35.5. The standard InChI is InChI=1S/C14H16ClN3O9S2/c1-25-13(19)7-5-27-6-18(12(7)14(20)26-2)9-3-8(15)10(28(16,21)22)4-11(9)29(17,23)24/h3-4H,5-6H2,1-2H3,(H2,16,21,22)(H2,17,23,24). The lowest BCUT2D eigenvalue weighted by atomic mass is 10.1. The Bertz CT molecular complexity index is 1110. The molecule has 0 unspecified atom stereocenters. The van der Waals surface area contributed by atoms with E-state index in [1.165, 1.54) is 0 Å². The van der Waals surface area contributed by atoms with Crippen LogP contribution in [-0.2, 0) is 43.8 Å². The van der Waals surface area contributed by atoms with Crippen LogP contribution in [0.15, 0.2) is 33.2 Å². The lowest BCUT2D eigenvalue weighted by Crippen LogP contribution is -2.39. The lowest BCUT2D eigenvalue weighted by molar-refractivity contribution is -0.140. The Hall–Kier alpha value is -2.23. The van der Waals surface area contributed by atoms with Crippen LogP contribution in [0.25, 0.3) is 0 Å². The Kier molecular flexibility index (Phi) is 6.56. The number of esters is 2. The first-order valence-electron chi connectivity index (χ1n) is 7.47. The number of hydrogen-bond donors (Lipinski definition) is 2. The van der Waals surface area contributed by atoms with Gasteiger partial charge in [-0.25, -0.2) is 36.7 Å². The van der Waals surface area contributed by atoms with Crippen molar-refractivity contribution in [3.8, 4) is 0 Å². The summed E-state index contributed by atoms with van der Waals surface area (Å²) in [6.45, 7) is -0.750. The van der Waals surface area contributed by atoms with Crippen LogP contribution in [-0.4, -0.2) is 56.3 Å². The molecule has 0 atom stereocenters. The predicted octanol–water partition coefficient (Wildman–Crippen LogP) is -0.971. The van der Waals surface area contributed by atoms with E-state index >= 15 is 0 Å². The summed E-state index contributed by atoms with van der Waals surface area (Å²) in [5.41, 5.74) is -1.00. The molecule has 0 saturated carbocycles. The van der Waals surface area contributed by atoms with Crippen LogP contribution in [0.5, 0.6) is 0 Å². The van der Waals surface area contributed by atoms with Crippen molar-refractivity contribution in [2.24, 2.45) is 10.3 Å². The topological polar surface area (TPSA) is 185 Å². The second-order valence-electron chi connectivity index (χ2n) is 5.56. The van der Waals surface area contributed by atoms with Crippen LogP contribution in [0.4, 0.5) is 5.69 Å². The summed E-state index contributed by atoms with van der Waals surface area (Å²) in [5.74, 6) is -1.94. The van der Waals surface area contributed by atoms with Gasteiger partial charge in [-0.1, -0.05) is 11.6 Å². The van der Waals surface area contributed by atoms with Crippen molar-refractivity contribution in [1.29, 1.82) is 0 Å². The fourth-order valence-electron chi connectivity index (χ4n) is 2.51. The average Bonchev–Trinajstić information content (AvgIpc) is 2.63. The molecule has 1 heterocycles. The number of benzene rings is 1. The lowest BCUT2D eigenvalue weighted by Gasteiger charge is -2.32. The molecule has 1 aliphatic rings. The van der Waals surface area contributed by atoms with Gasteiger partial charge in [-0.2, -0.15) is 0 Å². The zero-order chi connectivity index (χ0) is 22.1. The van der Waals surface area contributed by atoms with Crippen molar-refractivity contribution in [1.82, 2.24) is 0 Å². The minimum absolute atomic E-state index is 0.266. The molecule has 4 N–H and O–H groups in total. The van der Waals surface area contributed by atoms with Gasteiger partial charge in [0, 0.05) is 0 Å². The third-order valence-electron chi connectivity index (χ3n) is 3.75. The van der Waals surface area contributed by atoms with E-state index in [0.29, 0.717) is 6.07 Å². The Labute approximate surface area is 171 Å². The van der Waals surface area contributed by atoms with Gasteiger partial charge in [-0.3, -0.25) is 0 Å². The summed E-state index contributed by atoms with van der Waals surface area (Å²) in [6, 6.07) is 1.55. The maximum atomic E-state index is 12.3. The normalized spacial score (nSPS) is 15.3. The number of sulfonamides is 2. The quantitative estimate of drug-likeness (QED) is 0.508. The van der Waals surface area contributed by atoms with Crippen LogP contribution in [0.3, 0.4) is 0 Å².